The summed E-state index contributed by atoms with van der Waals surface area (Å²) in [6.07, 6.45) is 0.192. The molecular formula is C29H39N4O5. The molecule has 0 fully saturated rings. The Kier molecular flexibility index (Phi) is 11.3. The second-order valence-corrected chi connectivity index (χ2v) is 10.3. The standard InChI is InChI=1S/C29H39N4O5/c1-17(2)14-22(30)26(34)21-13-9-8-12-20(21)16-24(29(37)38)33(28(36)25(32)18(3)4)27(35)23(31)15-19-10-6-5-7-11-19/h5-10,12-13,17-18,22-25H,14-16,30-32H2,1-4H3,(H,37,38). The Morgan fingerprint density at radius 3 is 2.05 bits per heavy atom. The van der Waals surface area contributed by atoms with E-state index in [2.05, 4.69) is 6.07 Å². The van der Waals surface area contributed by atoms with Crippen LogP contribution >= 0.6 is 0 Å². The Hall–Kier alpha value is -3.40. The second-order valence-electron chi connectivity index (χ2n) is 10.3. The predicted octanol–water partition coefficient (Wildman–Crippen LogP) is 1.95. The number of aliphatic carboxylic acids is 1. The van der Waals surface area contributed by atoms with Crippen LogP contribution < -0.4 is 17.2 Å². The van der Waals surface area contributed by atoms with Gasteiger partial charge >= 0.3 is 5.97 Å². The first-order valence-electron chi connectivity index (χ1n) is 12.8. The maximum atomic E-state index is 13.6. The summed E-state index contributed by atoms with van der Waals surface area (Å²) in [5.41, 5.74) is 19.7. The second kappa shape index (κ2) is 13.9. The highest BCUT2D eigenvalue weighted by Crippen LogP contribution is 2.20. The van der Waals surface area contributed by atoms with E-state index >= 15 is 0 Å². The predicted molar refractivity (Wildman–Crippen MR) is 145 cm³/mol. The topological polar surface area (TPSA) is 170 Å². The Bertz CT molecular complexity index is 1120. The van der Waals surface area contributed by atoms with E-state index < -0.39 is 42.0 Å². The summed E-state index contributed by atoms with van der Waals surface area (Å²) in [4.78, 5) is 53.3. The average Bonchev–Trinajstić information content (AvgIpc) is 2.87. The summed E-state index contributed by atoms with van der Waals surface area (Å²) in [7, 11) is 0. The van der Waals surface area contributed by atoms with Gasteiger partial charge in [0, 0.05) is 12.0 Å². The molecule has 0 bridgehead atoms. The number of Topliss-reactive ketones (excluding diaryl/α,β-unsaturated/α-hetero) is 1. The fourth-order valence-corrected chi connectivity index (χ4v) is 4.17. The molecule has 205 valence electrons. The maximum Gasteiger partial charge on any atom is 0.327 e. The van der Waals surface area contributed by atoms with Crippen LogP contribution in [0.4, 0.5) is 0 Å². The third-order valence-electron chi connectivity index (χ3n) is 6.36. The van der Waals surface area contributed by atoms with Gasteiger partial charge in [-0.2, -0.15) is 0 Å². The average molecular weight is 524 g/mol. The molecule has 2 aromatic rings. The van der Waals surface area contributed by atoms with E-state index in [4.69, 9.17) is 17.2 Å². The van der Waals surface area contributed by atoms with Crippen LogP contribution in [0.1, 0.15) is 55.6 Å². The molecule has 1 radical (unpaired) electrons. The molecule has 0 aliphatic rings. The van der Waals surface area contributed by atoms with Crippen LogP contribution in [0.2, 0.25) is 0 Å². The third kappa shape index (κ3) is 8.05. The Morgan fingerprint density at radius 2 is 1.50 bits per heavy atom. The molecule has 0 saturated heterocycles. The van der Waals surface area contributed by atoms with Gasteiger partial charge in [0.1, 0.15) is 6.04 Å². The monoisotopic (exact) mass is 523 g/mol. The number of imide groups is 1. The van der Waals surface area contributed by atoms with E-state index in [1.165, 1.54) is 0 Å². The first kappa shape index (κ1) is 30.8. The highest BCUT2D eigenvalue weighted by Gasteiger charge is 2.40. The number of carbonyl (C=O) groups is 4. The number of benzene rings is 2. The van der Waals surface area contributed by atoms with Gasteiger partial charge in [0.15, 0.2) is 5.78 Å². The maximum absolute atomic E-state index is 13.6. The molecule has 0 aliphatic heterocycles. The zero-order valence-electron chi connectivity index (χ0n) is 22.5. The van der Waals surface area contributed by atoms with Crippen LogP contribution in [-0.4, -0.2) is 57.7 Å². The van der Waals surface area contributed by atoms with Crippen molar-refractivity contribution in [2.45, 2.75) is 71.1 Å². The molecule has 2 rings (SSSR count). The number of carboxylic acid groups (broad SMARTS) is 1. The van der Waals surface area contributed by atoms with E-state index in [9.17, 15) is 24.3 Å². The van der Waals surface area contributed by atoms with Crippen molar-refractivity contribution in [1.82, 2.24) is 4.90 Å². The lowest BCUT2D eigenvalue weighted by Gasteiger charge is -2.32. The van der Waals surface area contributed by atoms with Crippen LogP contribution in [-0.2, 0) is 27.2 Å². The van der Waals surface area contributed by atoms with Gasteiger partial charge in [-0.25, -0.2) is 4.79 Å². The number of nitrogens with zero attached hydrogens (tertiary/aromatic N) is 1. The lowest BCUT2D eigenvalue weighted by molar-refractivity contribution is -0.159. The number of nitrogens with two attached hydrogens (primary N) is 3. The van der Waals surface area contributed by atoms with E-state index in [1.807, 2.05) is 13.8 Å². The van der Waals surface area contributed by atoms with Gasteiger partial charge in [0.2, 0.25) is 11.8 Å². The van der Waals surface area contributed by atoms with Gasteiger partial charge in [-0.1, -0.05) is 76.2 Å². The molecule has 9 nitrogen and oxygen atoms in total. The normalized spacial score (nSPS) is 14.6. The minimum atomic E-state index is -1.64. The van der Waals surface area contributed by atoms with Gasteiger partial charge < -0.3 is 22.3 Å². The number of amides is 2. The first-order valence-corrected chi connectivity index (χ1v) is 12.8. The molecule has 7 N–H and O–H groups in total. The zero-order chi connectivity index (χ0) is 28.6. The van der Waals surface area contributed by atoms with Crippen LogP contribution in [0.5, 0.6) is 0 Å². The zero-order valence-corrected chi connectivity index (χ0v) is 22.5. The van der Waals surface area contributed by atoms with Gasteiger partial charge in [-0.05, 0) is 41.9 Å². The fourth-order valence-electron chi connectivity index (χ4n) is 4.17. The van der Waals surface area contributed by atoms with Gasteiger partial charge in [-0.15, -0.1) is 0 Å². The summed E-state index contributed by atoms with van der Waals surface area (Å²) in [6, 6.07) is 11.6. The number of ketones is 1. The van der Waals surface area contributed by atoms with Crippen LogP contribution in [0.3, 0.4) is 0 Å². The van der Waals surface area contributed by atoms with Gasteiger partial charge in [-0.3, -0.25) is 19.3 Å². The van der Waals surface area contributed by atoms with Crippen molar-refractivity contribution in [3.05, 3.63) is 71.3 Å². The lowest BCUT2D eigenvalue weighted by Crippen LogP contribution is -2.60. The summed E-state index contributed by atoms with van der Waals surface area (Å²) in [5, 5.41) is 10.2. The number of carbonyl (C=O) groups excluding carboxylic acids is 3. The van der Waals surface area contributed by atoms with E-state index in [-0.39, 0.29) is 36.0 Å². The van der Waals surface area contributed by atoms with Crippen molar-refractivity contribution in [3.63, 3.8) is 0 Å². The van der Waals surface area contributed by atoms with Crippen LogP contribution in [0, 0.1) is 17.9 Å². The minimum absolute atomic E-state index is 0.0475. The summed E-state index contributed by atoms with van der Waals surface area (Å²) >= 11 is 0. The molecular weight excluding hydrogens is 484 g/mol. The van der Waals surface area contributed by atoms with Crippen molar-refractivity contribution in [2.24, 2.45) is 29.0 Å². The number of rotatable bonds is 13. The lowest BCUT2D eigenvalue weighted by atomic mass is 9.90. The molecule has 38 heavy (non-hydrogen) atoms. The van der Waals surface area contributed by atoms with Crippen molar-refractivity contribution in [1.29, 1.82) is 0 Å². The Morgan fingerprint density at radius 1 is 0.868 bits per heavy atom. The quantitative estimate of drug-likeness (QED) is 0.289. The van der Waals surface area contributed by atoms with Crippen molar-refractivity contribution < 1.29 is 24.3 Å². The van der Waals surface area contributed by atoms with Crippen LogP contribution in [0.15, 0.2) is 48.5 Å². The minimum Gasteiger partial charge on any atom is -0.480 e. The smallest absolute Gasteiger partial charge is 0.327 e. The number of hydrogen-bond donors (Lipinski definition) is 4. The third-order valence-corrected chi connectivity index (χ3v) is 6.36. The molecule has 4 atom stereocenters. The molecule has 2 amide bonds. The molecule has 0 saturated carbocycles. The fraction of sp³-hybridized carbons (Fsp3) is 0.448. The number of hydrogen-bond acceptors (Lipinski definition) is 7. The Labute approximate surface area is 224 Å². The molecule has 0 heterocycles. The largest absolute Gasteiger partial charge is 0.480 e. The highest BCUT2D eigenvalue weighted by molar-refractivity contribution is 6.04. The highest BCUT2D eigenvalue weighted by atomic mass is 16.4. The summed E-state index contributed by atoms with van der Waals surface area (Å²) in [6.45, 7) is 7.29. The molecule has 9 heteroatoms. The van der Waals surface area contributed by atoms with Crippen molar-refractivity contribution >= 4 is 23.6 Å². The molecule has 0 aromatic heterocycles. The van der Waals surface area contributed by atoms with E-state index in [0.29, 0.717) is 22.4 Å². The number of carboxylic acids is 1. The first-order chi connectivity index (χ1) is 17.8. The molecule has 0 spiro atoms. The molecule has 4 unspecified atom stereocenters. The summed E-state index contributed by atoms with van der Waals surface area (Å²) < 4.78 is 0. The Balaban J connectivity index is 2.49. The summed E-state index contributed by atoms with van der Waals surface area (Å²) in [5.74, 6) is -3.65. The van der Waals surface area contributed by atoms with Crippen LogP contribution in [0.25, 0.3) is 0 Å². The van der Waals surface area contributed by atoms with E-state index in [0.717, 1.165) is 0 Å². The van der Waals surface area contributed by atoms with E-state index in [1.54, 1.807) is 62.4 Å². The van der Waals surface area contributed by atoms with Gasteiger partial charge in [0.25, 0.3) is 0 Å². The van der Waals surface area contributed by atoms with Crippen molar-refractivity contribution in [2.75, 3.05) is 0 Å². The molecule has 0 aliphatic carbocycles. The van der Waals surface area contributed by atoms with Crippen molar-refractivity contribution in [3.8, 4) is 0 Å². The molecule has 2 aromatic carbocycles. The SMILES string of the molecule is CC(C)CC(N)C(=O)c1ccccc1CC(C(=O)O)N(C(=O)C(N)Cc1[c]cccc1)C(=O)C(N)C(C)C. The van der Waals surface area contributed by atoms with Gasteiger partial charge in [0.05, 0.1) is 18.1 Å².